The molecule has 0 spiro atoms. The summed E-state index contributed by atoms with van der Waals surface area (Å²) in [7, 11) is -4.17. The van der Waals surface area contributed by atoms with Gasteiger partial charge in [0.15, 0.2) is 4.90 Å². The number of nitro groups is 1. The Balaban J connectivity index is 2.44. The summed E-state index contributed by atoms with van der Waals surface area (Å²) >= 11 is 0. The zero-order valence-electron chi connectivity index (χ0n) is 12.2. The van der Waals surface area contributed by atoms with Gasteiger partial charge in [0.25, 0.3) is 0 Å². The monoisotopic (exact) mass is 316 g/mol. The largest absolute Gasteiger partial charge is 0.324 e. The second-order valence-electron chi connectivity index (χ2n) is 6.34. The highest BCUT2D eigenvalue weighted by Gasteiger charge is 2.66. The first-order valence-electron chi connectivity index (χ1n) is 6.38. The second kappa shape index (κ2) is 4.48. The number of hydrogen-bond acceptors (Lipinski definition) is 4. The molecule has 0 amide bonds. The van der Waals surface area contributed by atoms with E-state index in [-0.39, 0.29) is 16.9 Å². The quantitative estimate of drug-likeness (QED) is 0.682. The van der Waals surface area contributed by atoms with Crippen LogP contribution in [-0.2, 0) is 10.0 Å². The van der Waals surface area contributed by atoms with Crippen LogP contribution in [0.1, 0.15) is 27.7 Å². The van der Waals surface area contributed by atoms with Crippen LogP contribution >= 0.6 is 0 Å². The summed E-state index contributed by atoms with van der Waals surface area (Å²) in [5, 5.41) is 10.9. The average molecular weight is 316 g/mol. The van der Waals surface area contributed by atoms with E-state index in [2.05, 4.69) is 4.72 Å². The molecule has 1 saturated carbocycles. The predicted octanol–water partition coefficient (Wildman–Crippen LogP) is 2.45. The first-order valence-corrected chi connectivity index (χ1v) is 7.86. The number of nitrogens with one attached hydrogen (secondary N) is 1. The molecule has 0 bridgehead atoms. The number of nitrogens with zero attached hydrogens (tertiary/aromatic N) is 1. The minimum Gasteiger partial charge on any atom is -0.258 e. The number of benzene rings is 1. The van der Waals surface area contributed by atoms with Crippen molar-refractivity contribution in [1.29, 1.82) is 0 Å². The SMILES string of the molecule is CC1(C)C(NS(=O)(=O)c2cccc(F)c2[N+](=O)[O-])C1(C)C. The van der Waals surface area contributed by atoms with E-state index >= 15 is 0 Å². The van der Waals surface area contributed by atoms with Crippen LogP contribution in [0.2, 0.25) is 0 Å². The lowest BCUT2D eigenvalue weighted by Gasteiger charge is -2.09. The van der Waals surface area contributed by atoms with E-state index in [0.717, 1.165) is 18.2 Å². The lowest BCUT2D eigenvalue weighted by Crippen LogP contribution is -2.30. The molecule has 8 heteroatoms. The van der Waals surface area contributed by atoms with Gasteiger partial charge in [-0.15, -0.1) is 0 Å². The van der Waals surface area contributed by atoms with Crippen LogP contribution < -0.4 is 4.72 Å². The summed E-state index contributed by atoms with van der Waals surface area (Å²) in [5.74, 6) is -1.17. The van der Waals surface area contributed by atoms with E-state index in [9.17, 15) is 22.9 Å². The molecule has 116 valence electrons. The van der Waals surface area contributed by atoms with Crippen molar-refractivity contribution in [3.8, 4) is 0 Å². The molecule has 2 rings (SSSR count). The zero-order valence-corrected chi connectivity index (χ0v) is 13.0. The average Bonchev–Trinajstić information content (AvgIpc) is 2.70. The Morgan fingerprint density at radius 1 is 1.24 bits per heavy atom. The summed E-state index contributed by atoms with van der Waals surface area (Å²) in [4.78, 5) is 9.25. The Morgan fingerprint density at radius 2 is 1.76 bits per heavy atom. The van der Waals surface area contributed by atoms with E-state index in [1.807, 2.05) is 27.7 Å². The molecule has 0 radical (unpaired) electrons. The van der Waals surface area contributed by atoms with Gasteiger partial charge >= 0.3 is 5.69 Å². The fourth-order valence-corrected chi connectivity index (χ4v) is 4.31. The highest BCUT2D eigenvalue weighted by molar-refractivity contribution is 7.89. The van der Waals surface area contributed by atoms with Crippen LogP contribution in [0.5, 0.6) is 0 Å². The maximum Gasteiger partial charge on any atom is 0.324 e. The van der Waals surface area contributed by atoms with Crippen LogP contribution in [-0.4, -0.2) is 19.4 Å². The van der Waals surface area contributed by atoms with Gasteiger partial charge in [-0.05, 0) is 23.0 Å². The third kappa shape index (κ3) is 2.32. The summed E-state index contributed by atoms with van der Waals surface area (Å²) in [6.07, 6.45) is 0. The van der Waals surface area contributed by atoms with Crippen molar-refractivity contribution in [1.82, 2.24) is 4.72 Å². The minimum absolute atomic E-state index is 0.276. The van der Waals surface area contributed by atoms with Gasteiger partial charge in [-0.1, -0.05) is 33.8 Å². The highest BCUT2D eigenvalue weighted by atomic mass is 32.2. The van der Waals surface area contributed by atoms with Crippen molar-refractivity contribution in [2.24, 2.45) is 10.8 Å². The molecule has 1 aliphatic carbocycles. The number of nitro benzene ring substituents is 1. The molecular formula is C13H17FN2O4S. The van der Waals surface area contributed by atoms with Crippen molar-refractivity contribution in [3.05, 3.63) is 34.1 Å². The van der Waals surface area contributed by atoms with E-state index < -0.39 is 31.3 Å². The normalized spacial score (nSPS) is 20.2. The molecule has 0 aromatic heterocycles. The van der Waals surface area contributed by atoms with E-state index in [4.69, 9.17) is 0 Å². The molecule has 0 saturated heterocycles. The van der Waals surface area contributed by atoms with Gasteiger partial charge in [0.05, 0.1) is 4.92 Å². The summed E-state index contributed by atoms with van der Waals surface area (Å²) in [6.45, 7) is 7.61. The first kappa shape index (κ1) is 15.8. The zero-order chi connectivity index (χ0) is 16.2. The standard InChI is InChI=1S/C13H17FN2O4S/c1-12(2)11(13(12,3)4)15-21(19,20)9-7-5-6-8(14)10(9)16(17)18/h5-7,11,15H,1-4H3. The van der Waals surface area contributed by atoms with Gasteiger partial charge < -0.3 is 0 Å². The number of hydrogen-bond donors (Lipinski definition) is 1. The molecule has 0 aliphatic heterocycles. The molecule has 6 nitrogen and oxygen atoms in total. The minimum atomic E-state index is -4.17. The number of halogens is 1. The second-order valence-corrected chi connectivity index (χ2v) is 8.02. The van der Waals surface area contributed by atoms with Gasteiger partial charge in [0.1, 0.15) is 0 Å². The van der Waals surface area contributed by atoms with Crippen molar-refractivity contribution < 1.29 is 17.7 Å². The molecule has 1 aromatic carbocycles. The van der Waals surface area contributed by atoms with E-state index in [1.54, 1.807) is 0 Å². The Hall–Kier alpha value is -1.54. The first-order chi connectivity index (χ1) is 9.43. The van der Waals surface area contributed by atoms with Crippen LogP contribution in [0.3, 0.4) is 0 Å². The highest BCUT2D eigenvalue weighted by Crippen LogP contribution is 2.63. The number of para-hydroxylation sites is 1. The Bertz CT molecular complexity index is 699. The summed E-state index contributed by atoms with van der Waals surface area (Å²) in [5.41, 5.74) is -1.58. The summed E-state index contributed by atoms with van der Waals surface area (Å²) < 4.78 is 40.7. The van der Waals surface area contributed by atoms with Gasteiger partial charge in [-0.2, -0.15) is 4.39 Å². The molecule has 0 unspecified atom stereocenters. The van der Waals surface area contributed by atoms with Gasteiger partial charge in [0, 0.05) is 6.04 Å². The third-order valence-corrected chi connectivity index (χ3v) is 6.17. The Morgan fingerprint density at radius 3 is 2.19 bits per heavy atom. The maximum absolute atomic E-state index is 13.6. The van der Waals surface area contributed by atoms with Crippen LogP contribution in [0.4, 0.5) is 10.1 Å². The van der Waals surface area contributed by atoms with Crippen molar-refractivity contribution in [2.45, 2.75) is 38.6 Å². The van der Waals surface area contributed by atoms with Gasteiger partial charge in [0.2, 0.25) is 15.8 Å². The van der Waals surface area contributed by atoms with Crippen LogP contribution in [0, 0.1) is 26.8 Å². The van der Waals surface area contributed by atoms with Crippen LogP contribution in [0.25, 0.3) is 0 Å². The molecule has 0 atom stereocenters. The maximum atomic E-state index is 13.6. The molecule has 1 fully saturated rings. The molecule has 0 heterocycles. The Kier molecular flexibility index (Phi) is 3.38. The molecular weight excluding hydrogens is 299 g/mol. The summed E-state index contributed by atoms with van der Waals surface area (Å²) in [6, 6.07) is 2.67. The fourth-order valence-electron chi connectivity index (χ4n) is 2.60. The van der Waals surface area contributed by atoms with Gasteiger partial charge in [-0.25, -0.2) is 13.1 Å². The molecule has 1 N–H and O–H groups in total. The smallest absolute Gasteiger partial charge is 0.258 e. The number of sulfonamides is 1. The lowest BCUT2D eigenvalue weighted by molar-refractivity contribution is -0.390. The van der Waals surface area contributed by atoms with Crippen molar-refractivity contribution >= 4 is 15.7 Å². The Labute approximate surface area is 122 Å². The molecule has 1 aliphatic rings. The lowest BCUT2D eigenvalue weighted by atomic mass is 10.0. The van der Waals surface area contributed by atoms with Crippen molar-refractivity contribution in [3.63, 3.8) is 0 Å². The predicted molar refractivity (Wildman–Crippen MR) is 74.7 cm³/mol. The molecule has 21 heavy (non-hydrogen) atoms. The van der Waals surface area contributed by atoms with E-state index in [0.29, 0.717) is 0 Å². The third-order valence-electron chi connectivity index (χ3n) is 4.72. The van der Waals surface area contributed by atoms with Gasteiger partial charge in [-0.3, -0.25) is 10.1 Å². The van der Waals surface area contributed by atoms with Crippen molar-refractivity contribution in [2.75, 3.05) is 0 Å². The molecule has 1 aromatic rings. The topological polar surface area (TPSA) is 89.3 Å². The number of rotatable bonds is 4. The van der Waals surface area contributed by atoms with E-state index in [1.165, 1.54) is 0 Å². The van der Waals surface area contributed by atoms with Crippen LogP contribution in [0.15, 0.2) is 23.1 Å². The fraction of sp³-hybridized carbons (Fsp3) is 0.538.